The molecule has 102 valence electrons. The second kappa shape index (κ2) is 6.02. The Balaban J connectivity index is 2.07. The fourth-order valence-corrected chi connectivity index (χ4v) is 2.16. The molecule has 0 atom stereocenters. The lowest BCUT2D eigenvalue weighted by Crippen LogP contribution is -2.22. The van der Waals surface area contributed by atoms with E-state index in [1.165, 1.54) is 16.7 Å². The lowest BCUT2D eigenvalue weighted by Gasteiger charge is -2.10. The molecule has 0 fully saturated rings. The topological polar surface area (TPSA) is 29.9 Å². The Morgan fingerprint density at radius 1 is 1.16 bits per heavy atom. The van der Waals surface area contributed by atoms with Crippen molar-refractivity contribution in [3.8, 4) is 0 Å². The van der Waals surface area contributed by atoms with Crippen LogP contribution in [0.1, 0.15) is 36.2 Å². The molecule has 2 rings (SSSR count). The second-order valence-electron chi connectivity index (χ2n) is 5.41. The van der Waals surface area contributed by atoms with Crippen molar-refractivity contribution in [2.45, 2.75) is 46.8 Å². The van der Waals surface area contributed by atoms with Gasteiger partial charge in [0.05, 0.1) is 12.2 Å². The number of rotatable bonds is 5. The molecule has 0 bridgehead atoms. The van der Waals surface area contributed by atoms with Crippen molar-refractivity contribution in [2.75, 3.05) is 0 Å². The average Bonchev–Trinajstić information content (AvgIpc) is 2.79. The van der Waals surface area contributed by atoms with Crippen LogP contribution in [-0.4, -0.2) is 15.8 Å². The maximum absolute atomic E-state index is 4.61. The first-order valence-electron chi connectivity index (χ1n) is 6.87. The highest BCUT2D eigenvalue weighted by Gasteiger charge is 2.05. The number of hydrogen-bond donors (Lipinski definition) is 1. The van der Waals surface area contributed by atoms with Crippen molar-refractivity contribution in [3.63, 3.8) is 0 Å². The first-order chi connectivity index (χ1) is 9.06. The van der Waals surface area contributed by atoms with Gasteiger partial charge in [-0.1, -0.05) is 32.0 Å². The standard InChI is InChI=1S/C16H23N3/c1-12(2)17-10-15-8-9-19(18-15)11-16-13(3)6-5-7-14(16)4/h5-9,12,17H,10-11H2,1-4H3. The predicted octanol–water partition coefficient (Wildman–Crippen LogP) is 3.05. The Hall–Kier alpha value is -1.61. The SMILES string of the molecule is Cc1cccc(C)c1Cn1ccc(CNC(C)C)n1. The van der Waals surface area contributed by atoms with Crippen molar-refractivity contribution in [3.05, 3.63) is 52.8 Å². The Morgan fingerprint density at radius 2 is 1.84 bits per heavy atom. The van der Waals surface area contributed by atoms with Crippen molar-refractivity contribution >= 4 is 0 Å². The molecule has 3 heteroatoms. The van der Waals surface area contributed by atoms with Crippen LogP contribution in [0.2, 0.25) is 0 Å². The van der Waals surface area contributed by atoms with E-state index in [1.54, 1.807) is 0 Å². The van der Waals surface area contributed by atoms with E-state index in [9.17, 15) is 0 Å². The maximum Gasteiger partial charge on any atom is 0.0762 e. The van der Waals surface area contributed by atoms with E-state index in [0.29, 0.717) is 6.04 Å². The van der Waals surface area contributed by atoms with Crippen LogP contribution >= 0.6 is 0 Å². The van der Waals surface area contributed by atoms with Gasteiger partial charge in [-0.05, 0) is 36.6 Å². The van der Waals surface area contributed by atoms with Gasteiger partial charge >= 0.3 is 0 Å². The molecule has 0 unspecified atom stereocenters. The number of nitrogens with one attached hydrogen (secondary N) is 1. The van der Waals surface area contributed by atoms with E-state index in [1.807, 2.05) is 4.68 Å². The number of aryl methyl sites for hydroxylation is 2. The van der Waals surface area contributed by atoms with Gasteiger partial charge in [0.25, 0.3) is 0 Å². The fraction of sp³-hybridized carbons (Fsp3) is 0.438. The highest BCUT2D eigenvalue weighted by molar-refractivity contribution is 5.33. The van der Waals surface area contributed by atoms with E-state index >= 15 is 0 Å². The van der Waals surface area contributed by atoms with Gasteiger partial charge in [-0.3, -0.25) is 4.68 Å². The quantitative estimate of drug-likeness (QED) is 0.892. The van der Waals surface area contributed by atoms with Crippen LogP contribution < -0.4 is 5.32 Å². The molecule has 1 aromatic carbocycles. The fourth-order valence-electron chi connectivity index (χ4n) is 2.16. The summed E-state index contributed by atoms with van der Waals surface area (Å²) < 4.78 is 2.02. The van der Waals surface area contributed by atoms with E-state index < -0.39 is 0 Å². The summed E-state index contributed by atoms with van der Waals surface area (Å²) in [5.74, 6) is 0. The highest BCUT2D eigenvalue weighted by atomic mass is 15.3. The zero-order chi connectivity index (χ0) is 13.8. The predicted molar refractivity (Wildman–Crippen MR) is 79.2 cm³/mol. The van der Waals surface area contributed by atoms with Gasteiger partial charge in [0.1, 0.15) is 0 Å². The highest BCUT2D eigenvalue weighted by Crippen LogP contribution is 2.14. The van der Waals surface area contributed by atoms with E-state index in [2.05, 4.69) is 68.6 Å². The number of aromatic nitrogens is 2. The molecule has 0 saturated carbocycles. The lowest BCUT2D eigenvalue weighted by atomic mass is 10.0. The molecule has 3 nitrogen and oxygen atoms in total. The molecule has 19 heavy (non-hydrogen) atoms. The molecular formula is C16H23N3. The van der Waals surface area contributed by atoms with Crippen LogP contribution in [0.4, 0.5) is 0 Å². The molecule has 0 radical (unpaired) electrons. The van der Waals surface area contributed by atoms with Crippen molar-refractivity contribution in [1.82, 2.24) is 15.1 Å². The summed E-state index contributed by atoms with van der Waals surface area (Å²) in [6.07, 6.45) is 2.06. The van der Waals surface area contributed by atoms with Gasteiger partial charge in [0.2, 0.25) is 0 Å². The Kier molecular flexibility index (Phi) is 4.38. The molecule has 2 aromatic rings. The van der Waals surface area contributed by atoms with Crippen LogP contribution in [-0.2, 0) is 13.1 Å². The molecule has 1 heterocycles. The summed E-state index contributed by atoms with van der Waals surface area (Å²) in [7, 11) is 0. The first kappa shape index (κ1) is 13.8. The molecule has 0 amide bonds. The molecule has 0 aliphatic rings. The van der Waals surface area contributed by atoms with E-state index in [4.69, 9.17) is 0 Å². The number of benzene rings is 1. The summed E-state index contributed by atoms with van der Waals surface area (Å²) in [6.45, 7) is 10.3. The van der Waals surface area contributed by atoms with Gasteiger partial charge in [-0.25, -0.2) is 0 Å². The number of nitrogens with zero attached hydrogens (tertiary/aromatic N) is 2. The van der Waals surface area contributed by atoms with Gasteiger partial charge in [0.15, 0.2) is 0 Å². The minimum absolute atomic E-state index is 0.490. The van der Waals surface area contributed by atoms with Crippen LogP contribution in [0, 0.1) is 13.8 Å². The molecule has 1 aromatic heterocycles. The van der Waals surface area contributed by atoms with E-state index in [-0.39, 0.29) is 0 Å². The van der Waals surface area contributed by atoms with Crippen LogP contribution in [0.15, 0.2) is 30.5 Å². The van der Waals surface area contributed by atoms with Gasteiger partial charge < -0.3 is 5.32 Å². The van der Waals surface area contributed by atoms with Crippen LogP contribution in [0.3, 0.4) is 0 Å². The van der Waals surface area contributed by atoms with Gasteiger partial charge in [0, 0.05) is 18.8 Å². The van der Waals surface area contributed by atoms with Crippen LogP contribution in [0.25, 0.3) is 0 Å². The molecule has 0 aliphatic carbocycles. The third kappa shape index (κ3) is 3.67. The van der Waals surface area contributed by atoms with Gasteiger partial charge in [-0.2, -0.15) is 5.10 Å². The monoisotopic (exact) mass is 257 g/mol. The first-order valence-corrected chi connectivity index (χ1v) is 6.87. The lowest BCUT2D eigenvalue weighted by molar-refractivity contribution is 0.569. The van der Waals surface area contributed by atoms with Gasteiger partial charge in [-0.15, -0.1) is 0 Å². The molecule has 1 N–H and O–H groups in total. The van der Waals surface area contributed by atoms with Crippen molar-refractivity contribution in [2.24, 2.45) is 0 Å². The minimum Gasteiger partial charge on any atom is -0.309 e. The molecule has 0 saturated heterocycles. The maximum atomic E-state index is 4.61. The summed E-state index contributed by atoms with van der Waals surface area (Å²) in [6, 6.07) is 9.00. The summed E-state index contributed by atoms with van der Waals surface area (Å²) in [4.78, 5) is 0. The smallest absolute Gasteiger partial charge is 0.0762 e. The zero-order valence-corrected chi connectivity index (χ0v) is 12.3. The third-order valence-corrected chi connectivity index (χ3v) is 3.35. The largest absolute Gasteiger partial charge is 0.309 e. The Bertz CT molecular complexity index is 520. The zero-order valence-electron chi connectivity index (χ0n) is 12.3. The second-order valence-corrected chi connectivity index (χ2v) is 5.41. The van der Waals surface area contributed by atoms with E-state index in [0.717, 1.165) is 18.8 Å². The normalized spacial score (nSPS) is 11.2. The average molecular weight is 257 g/mol. The minimum atomic E-state index is 0.490. The molecular weight excluding hydrogens is 234 g/mol. The number of hydrogen-bond acceptors (Lipinski definition) is 2. The summed E-state index contributed by atoms with van der Waals surface area (Å²) in [5, 5.41) is 8.00. The summed E-state index contributed by atoms with van der Waals surface area (Å²) in [5.41, 5.74) is 5.13. The summed E-state index contributed by atoms with van der Waals surface area (Å²) >= 11 is 0. The molecule has 0 spiro atoms. The Labute approximate surface area is 115 Å². The van der Waals surface area contributed by atoms with Crippen molar-refractivity contribution in [1.29, 1.82) is 0 Å². The van der Waals surface area contributed by atoms with Crippen molar-refractivity contribution < 1.29 is 0 Å². The Morgan fingerprint density at radius 3 is 2.47 bits per heavy atom. The third-order valence-electron chi connectivity index (χ3n) is 3.35. The van der Waals surface area contributed by atoms with Crippen LogP contribution in [0.5, 0.6) is 0 Å². The molecule has 0 aliphatic heterocycles.